The van der Waals surface area contributed by atoms with Gasteiger partial charge in [-0.05, 0) is 31.5 Å². The van der Waals surface area contributed by atoms with Crippen LogP contribution in [-0.4, -0.2) is 32.9 Å². The Hall–Kier alpha value is -3.33. The van der Waals surface area contributed by atoms with Gasteiger partial charge in [0.05, 0.1) is 22.2 Å². The Bertz CT molecular complexity index is 838. The minimum Gasteiger partial charge on any atom is -0.478 e. The molecular weight excluding hydrogens is 352 g/mol. The summed E-state index contributed by atoms with van der Waals surface area (Å²) in [5, 5.41) is 25.5. The molecule has 1 aromatic carbocycles. The molecule has 0 aliphatic carbocycles. The van der Waals surface area contributed by atoms with E-state index in [1.165, 1.54) is 30.5 Å². The number of nitro groups is 1. The van der Waals surface area contributed by atoms with Crippen molar-refractivity contribution in [2.24, 2.45) is 0 Å². The van der Waals surface area contributed by atoms with Crippen molar-refractivity contribution < 1.29 is 19.6 Å². The number of aromatic nitrogens is 1. The Labute approximate surface area is 155 Å². The number of aromatic carboxylic acids is 1. The molecule has 1 amide bonds. The number of carboxylic acids is 1. The molecule has 1 aromatic heterocycles. The van der Waals surface area contributed by atoms with Gasteiger partial charge in [-0.15, -0.1) is 0 Å². The molecule has 0 aliphatic rings. The van der Waals surface area contributed by atoms with Gasteiger partial charge in [0.15, 0.2) is 0 Å². The molecule has 2 aromatic rings. The summed E-state index contributed by atoms with van der Waals surface area (Å²) in [6.45, 7) is 3.71. The van der Waals surface area contributed by atoms with Gasteiger partial charge in [0.2, 0.25) is 5.91 Å². The maximum atomic E-state index is 12.2. The van der Waals surface area contributed by atoms with E-state index in [4.69, 9.17) is 5.11 Å². The van der Waals surface area contributed by atoms with E-state index >= 15 is 0 Å². The van der Waals surface area contributed by atoms with Crippen molar-refractivity contribution in [2.45, 2.75) is 32.5 Å². The molecule has 0 bridgehead atoms. The van der Waals surface area contributed by atoms with Crippen LogP contribution >= 0.6 is 0 Å². The van der Waals surface area contributed by atoms with Gasteiger partial charge in [0, 0.05) is 30.9 Å². The molecule has 0 saturated heterocycles. The van der Waals surface area contributed by atoms with Crippen molar-refractivity contribution in [3.05, 3.63) is 69.5 Å². The van der Waals surface area contributed by atoms with Gasteiger partial charge < -0.3 is 10.4 Å². The van der Waals surface area contributed by atoms with Crippen LogP contribution in [0.3, 0.4) is 0 Å². The number of amides is 1. The highest BCUT2D eigenvalue weighted by molar-refractivity contribution is 5.87. The maximum absolute atomic E-state index is 12.2. The molecule has 0 saturated carbocycles. The second-order valence-electron chi connectivity index (χ2n) is 6.03. The van der Waals surface area contributed by atoms with Crippen LogP contribution in [0.4, 0.5) is 5.69 Å². The van der Waals surface area contributed by atoms with Gasteiger partial charge in [-0.1, -0.05) is 12.1 Å². The molecule has 142 valence electrons. The van der Waals surface area contributed by atoms with Crippen molar-refractivity contribution in [1.29, 1.82) is 0 Å². The summed E-state index contributed by atoms with van der Waals surface area (Å²) in [4.78, 5) is 37.6. The lowest BCUT2D eigenvalue weighted by Gasteiger charge is -2.19. The monoisotopic (exact) mass is 372 g/mol. The number of nitrogens with one attached hydrogen (secondary N) is 2. The van der Waals surface area contributed by atoms with E-state index in [1.807, 2.05) is 0 Å². The molecule has 2 rings (SSSR count). The van der Waals surface area contributed by atoms with Gasteiger partial charge in [-0.2, -0.15) is 0 Å². The lowest BCUT2D eigenvalue weighted by Crippen LogP contribution is -2.43. The largest absolute Gasteiger partial charge is 0.478 e. The molecule has 9 nitrogen and oxygen atoms in total. The summed E-state index contributed by atoms with van der Waals surface area (Å²) >= 11 is 0. The number of non-ortho nitro benzene ring substituents is 1. The molecule has 9 heteroatoms. The molecule has 0 aliphatic heterocycles. The van der Waals surface area contributed by atoms with Crippen molar-refractivity contribution in [2.75, 3.05) is 0 Å². The van der Waals surface area contributed by atoms with Crippen LogP contribution in [0.15, 0.2) is 42.6 Å². The zero-order chi connectivity index (χ0) is 20.0. The standard InChI is InChI=1S/C18H20N4O5/c1-11(16-9-14(18(24)25)7-8-19-16)21-12(2)17(23)20-10-13-3-5-15(6-4-13)22(26)27/h3-9,11-12,21H,10H2,1-2H3,(H,20,23)(H,24,25). The summed E-state index contributed by atoms with van der Waals surface area (Å²) in [6.07, 6.45) is 1.41. The number of rotatable bonds is 8. The first-order valence-corrected chi connectivity index (χ1v) is 8.24. The Kier molecular flexibility index (Phi) is 6.56. The fraction of sp³-hybridized carbons (Fsp3) is 0.278. The topological polar surface area (TPSA) is 134 Å². The molecule has 27 heavy (non-hydrogen) atoms. The van der Waals surface area contributed by atoms with Crippen LogP contribution in [-0.2, 0) is 11.3 Å². The van der Waals surface area contributed by atoms with E-state index in [-0.39, 0.29) is 29.7 Å². The van der Waals surface area contributed by atoms with E-state index in [0.717, 1.165) is 5.56 Å². The Morgan fingerprint density at radius 1 is 1.22 bits per heavy atom. The number of carbonyl (C=O) groups excluding carboxylic acids is 1. The van der Waals surface area contributed by atoms with Crippen LogP contribution in [0.5, 0.6) is 0 Å². The summed E-state index contributed by atoms with van der Waals surface area (Å²) in [6, 6.07) is 7.91. The highest BCUT2D eigenvalue weighted by atomic mass is 16.6. The van der Waals surface area contributed by atoms with Crippen molar-refractivity contribution >= 4 is 17.6 Å². The second-order valence-corrected chi connectivity index (χ2v) is 6.03. The first kappa shape index (κ1) is 20.0. The second kappa shape index (κ2) is 8.86. The molecule has 2 atom stereocenters. The SMILES string of the molecule is CC(NC(C)c1cc(C(=O)O)ccn1)C(=O)NCc1ccc([N+](=O)[O-])cc1. The summed E-state index contributed by atoms with van der Waals surface area (Å²) in [7, 11) is 0. The van der Waals surface area contributed by atoms with E-state index in [2.05, 4.69) is 15.6 Å². The van der Waals surface area contributed by atoms with Crippen molar-refractivity contribution in [3.63, 3.8) is 0 Å². The minimum absolute atomic E-state index is 0.00923. The van der Waals surface area contributed by atoms with Gasteiger partial charge in [0.25, 0.3) is 5.69 Å². The van der Waals surface area contributed by atoms with Crippen LogP contribution in [0.1, 0.15) is 41.5 Å². The predicted octanol–water partition coefficient (Wildman–Crippen LogP) is 2.04. The molecule has 0 radical (unpaired) electrons. The highest BCUT2D eigenvalue weighted by Crippen LogP contribution is 2.13. The van der Waals surface area contributed by atoms with Crippen molar-refractivity contribution in [1.82, 2.24) is 15.6 Å². The number of carbonyl (C=O) groups is 2. The van der Waals surface area contributed by atoms with Gasteiger partial charge >= 0.3 is 5.97 Å². The molecule has 2 unspecified atom stereocenters. The van der Waals surface area contributed by atoms with Gasteiger partial charge in [-0.25, -0.2) is 4.79 Å². The number of carboxylic acid groups (broad SMARTS) is 1. The smallest absolute Gasteiger partial charge is 0.335 e. The highest BCUT2D eigenvalue weighted by Gasteiger charge is 2.18. The van der Waals surface area contributed by atoms with Crippen molar-refractivity contribution in [3.8, 4) is 0 Å². The number of nitrogens with zero attached hydrogens (tertiary/aromatic N) is 2. The van der Waals surface area contributed by atoms with Crippen LogP contribution in [0.2, 0.25) is 0 Å². The maximum Gasteiger partial charge on any atom is 0.335 e. The van der Waals surface area contributed by atoms with Crippen LogP contribution in [0.25, 0.3) is 0 Å². The Balaban J connectivity index is 1.90. The molecule has 0 fully saturated rings. The van der Waals surface area contributed by atoms with Crippen LogP contribution < -0.4 is 10.6 Å². The first-order valence-electron chi connectivity index (χ1n) is 8.24. The fourth-order valence-corrected chi connectivity index (χ4v) is 2.43. The van der Waals surface area contributed by atoms with Gasteiger partial charge in [0.1, 0.15) is 0 Å². The third-order valence-electron chi connectivity index (χ3n) is 3.98. The Morgan fingerprint density at radius 3 is 2.48 bits per heavy atom. The van der Waals surface area contributed by atoms with E-state index < -0.39 is 16.9 Å². The fourth-order valence-electron chi connectivity index (χ4n) is 2.43. The predicted molar refractivity (Wildman–Crippen MR) is 97.2 cm³/mol. The lowest BCUT2D eigenvalue weighted by atomic mass is 10.1. The third kappa shape index (κ3) is 5.58. The lowest BCUT2D eigenvalue weighted by molar-refractivity contribution is -0.384. The number of pyridine rings is 1. The van der Waals surface area contributed by atoms with Gasteiger partial charge in [-0.3, -0.25) is 25.2 Å². The zero-order valence-corrected chi connectivity index (χ0v) is 14.9. The summed E-state index contributed by atoms with van der Waals surface area (Å²) < 4.78 is 0. The van der Waals surface area contributed by atoms with E-state index in [1.54, 1.807) is 26.0 Å². The molecular formula is C18H20N4O5. The number of hydrogen-bond donors (Lipinski definition) is 3. The quantitative estimate of drug-likeness (QED) is 0.477. The number of nitro benzene ring substituents is 1. The van der Waals surface area contributed by atoms with Crippen LogP contribution in [0, 0.1) is 10.1 Å². The summed E-state index contributed by atoms with van der Waals surface area (Å²) in [5.74, 6) is -1.30. The minimum atomic E-state index is -1.04. The van der Waals surface area contributed by atoms with E-state index in [9.17, 15) is 19.7 Å². The average molecular weight is 372 g/mol. The average Bonchev–Trinajstić information content (AvgIpc) is 2.66. The number of benzene rings is 1. The Morgan fingerprint density at radius 2 is 1.89 bits per heavy atom. The third-order valence-corrected chi connectivity index (χ3v) is 3.98. The molecule has 1 heterocycles. The summed E-state index contributed by atoms with van der Waals surface area (Å²) in [5.41, 5.74) is 1.38. The number of hydrogen-bond acceptors (Lipinski definition) is 6. The molecule has 3 N–H and O–H groups in total. The van der Waals surface area contributed by atoms with E-state index in [0.29, 0.717) is 5.69 Å². The zero-order valence-electron chi connectivity index (χ0n) is 14.9. The first-order chi connectivity index (χ1) is 12.8. The normalized spacial score (nSPS) is 12.8. The molecule has 0 spiro atoms.